The van der Waals surface area contributed by atoms with Crippen molar-refractivity contribution in [2.24, 2.45) is 0 Å². The van der Waals surface area contributed by atoms with E-state index < -0.39 is 0 Å². The van der Waals surface area contributed by atoms with Gasteiger partial charge in [-0.15, -0.1) is 0 Å². The molecule has 9 heteroatoms. The molecule has 1 N–H and O–H groups in total. The summed E-state index contributed by atoms with van der Waals surface area (Å²) in [6, 6.07) is 10.7. The van der Waals surface area contributed by atoms with Crippen LogP contribution in [0.2, 0.25) is 10.0 Å². The number of hydrogen-bond donors (Lipinski definition) is 1. The van der Waals surface area contributed by atoms with Gasteiger partial charge in [-0.3, -0.25) is 0 Å². The molecular formula is C20H17Cl2FN4O2. The largest absolute Gasteiger partial charge is 0.339 e. The molecule has 2 amide bonds. The molecule has 4 rings (SSSR count). The van der Waals surface area contributed by atoms with E-state index in [1.807, 2.05) is 0 Å². The molecule has 0 spiro atoms. The topological polar surface area (TPSA) is 71.3 Å². The highest BCUT2D eigenvalue weighted by Gasteiger charge is 2.29. The predicted molar refractivity (Wildman–Crippen MR) is 109 cm³/mol. The lowest BCUT2D eigenvalue weighted by atomic mass is 9.98. The Balaban J connectivity index is 1.45. The van der Waals surface area contributed by atoms with Gasteiger partial charge in [-0.25, -0.2) is 9.18 Å². The minimum atomic E-state index is -0.328. The molecule has 1 aliphatic rings. The summed E-state index contributed by atoms with van der Waals surface area (Å²) in [5.74, 6) is 0.451. The zero-order chi connectivity index (χ0) is 20.4. The minimum absolute atomic E-state index is 0.0777. The summed E-state index contributed by atoms with van der Waals surface area (Å²) in [7, 11) is 0. The molecule has 6 nitrogen and oxygen atoms in total. The number of anilines is 1. The van der Waals surface area contributed by atoms with Crippen molar-refractivity contribution < 1.29 is 13.7 Å². The quantitative estimate of drug-likeness (QED) is 0.582. The fraction of sp³-hybridized carbons (Fsp3) is 0.250. The number of rotatable bonds is 3. The van der Waals surface area contributed by atoms with Gasteiger partial charge in [-0.2, -0.15) is 4.98 Å². The van der Waals surface area contributed by atoms with E-state index >= 15 is 0 Å². The van der Waals surface area contributed by atoms with Crippen molar-refractivity contribution in [1.82, 2.24) is 15.0 Å². The van der Waals surface area contributed by atoms with Gasteiger partial charge in [0.25, 0.3) is 0 Å². The van der Waals surface area contributed by atoms with Gasteiger partial charge in [0.15, 0.2) is 0 Å². The van der Waals surface area contributed by atoms with Crippen LogP contribution in [-0.4, -0.2) is 34.2 Å². The van der Waals surface area contributed by atoms with E-state index in [1.165, 1.54) is 12.1 Å². The monoisotopic (exact) mass is 434 g/mol. The van der Waals surface area contributed by atoms with Crippen LogP contribution in [-0.2, 0) is 0 Å². The highest BCUT2D eigenvalue weighted by atomic mass is 35.5. The summed E-state index contributed by atoms with van der Waals surface area (Å²) in [6.07, 6.45) is 1.63. The van der Waals surface area contributed by atoms with E-state index in [0.29, 0.717) is 46.1 Å². The minimum Gasteiger partial charge on any atom is -0.339 e. The number of likely N-dealkylation sites (tertiary alicyclic amines) is 1. The van der Waals surface area contributed by atoms with Crippen molar-refractivity contribution in [1.29, 1.82) is 0 Å². The summed E-state index contributed by atoms with van der Waals surface area (Å²) < 4.78 is 18.5. The standard InChI is InChI=1S/C20H17Cl2FN4O2/c21-15-4-1-5-16(17(15)22)24-20(28)27-10-2-3-13(11-27)19-25-18(26-29-19)12-6-8-14(23)9-7-12/h1,4-9,13H,2-3,10-11H2,(H,24,28). The zero-order valence-corrected chi connectivity index (χ0v) is 16.8. The maximum atomic E-state index is 13.1. The summed E-state index contributed by atoms with van der Waals surface area (Å²) in [4.78, 5) is 18.8. The molecule has 1 aromatic heterocycles. The molecular weight excluding hydrogens is 418 g/mol. The Hall–Kier alpha value is -2.64. The number of nitrogens with one attached hydrogen (secondary N) is 1. The van der Waals surface area contributed by atoms with Crippen LogP contribution in [0.15, 0.2) is 47.0 Å². The number of aromatic nitrogens is 2. The normalized spacial score (nSPS) is 16.7. The first-order valence-electron chi connectivity index (χ1n) is 9.11. The SMILES string of the molecule is O=C(Nc1cccc(Cl)c1Cl)N1CCCC(c2nc(-c3ccc(F)cc3)no2)C1. The van der Waals surface area contributed by atoms with Gasteiger partial charge in [0, 0.05) is 18.7 Å². The number of amides is 2. The van der Waals surface area contributed by atoms with Crippen LogP contribution in [0.1, 0.15) is 24.7 Å². The van der Waals surface area contributed by atoms with Gasteiger partial charge in [0.1, 0.15) is 5.82 Å². The summed E-state index contributed by atoms with van der Waals surface area (Å²) in [6.45, 7) is 1.05. The molecule has 1 aliphatic heterocycles. The van der Waals surface area contributed by atoms with Crippen LogP contribution in [0, 0.1) is 5.82 Å². The number of urea groups is 1. The highest BCUT2D eigenvalue weighted by Crippen LogP contribution is 2.31. The Bertz CT molecular complexity index is 1030. The van der Waals surface area contributed by atoms with Gasteiger partial charge >= 0.3 is 6.03 Å². The molecule has 29 heavy (non-hydrogen) atoms. The summed E-state index contributed by atoms with van der Waals surface area (Å²) in [5.41, 5.74) is 1.13. The lowest BCUT2D eigenvalue weighted by Crippen LogP contribution is -2.41. The van der Waals surface area contributed by atoms with Crippen LogP contribution >= 0.6 is 23.2 Å². The first-order chi connectivity index (χ1) is 14.0. The van der Waals surface area contributed by atoms with Gasteiger partial charge in [0.05, 0.1) is 21.7 Å². The van der Waals surface area contributed by atoms with Crippen molar-refractivity contribution in [2.75, 3.05) is 18.4 Å². The number of carbonyl (C=O) groups is 1. The average molecular weight is 435 g/mol. The van der Waals surface area contributed by atoms with Crippen LogP contribution in [0.25, 0.3) is 11.4 Å². The lowest BCUT2D eigenvalue weighted by Gasteiger charge is -2.31. The Morgan fingerprint density at radius 2 is 2.00 bits per heavy atom. The van der Waals surface area contributed by atoms with E-state index in [4.69, 9.17) is 27.7 Å². The first kappa shape index (κ1) is 19.7. The first-order valence-corrected chi connectivity index (χ1v) is 9.86. The summed E-state index contributed by atoms with van der Waals surface area (Å²) in [5, 5.41) is 7.47. The van der Waals surface area contributed by atoms with Crippen LogP contribution in [0.3, 0.4) is 0 Å². The molecule has 0 aliphatic carbocycles. The summed E-state index contributed by atoms with van der Waals surface area (Å²) >= 11 is 12.2. The molecule has 150 valence electrons. The number of nitrogens with zero attached hydrogens (tertiary/aromatic N) is 3. The predicted octanol–water partition coefficient (Wildman–Crippen LogP) is 5.59. The number of carbonyl (C=O) groups excluding carboxylic acids is 1. The molecule has 2 heterocycles. The van der Waals surface area contributed by atoms with Gasteiger partial charge < -0.3 is 14.7 Å². The third-order valence-electron chi connectivity index (χ3n) is 4.80. The molecule has 0 radical (unpaired) electrons. The molecule has 1 unspecified atom stereocenters. The molecule has 0 bridgehead atoms. The second kappa shape index (κ2) is 8.39. The van der Waals surface area contributed by atoms with Gasteiger partial charge in [-0.1, -0.05) is 34.4 Å². The maximum absolute atomic E-state index is 13.1. The van der Waals surface area contributed by atoms with Crippen LogP contribution in [0.4, 0.5) is 14.9 Å². The number of hydrogen-bond acceptors (Lipinski definition) is 4. The van der Waals surface area contributed by atoms with E-state index in [0.717, 1.165) is 12.8 Å². The van der Waals surface area contributed by atoms with E-state index in [9.17, 15) is 9.18 Å². The Kier molecular flexibility index (Phi) is 5.69. The van der Waals surface area contributed by atoms with E-state index in [2.05, 4.69) is 15.5 Å². The van der Waals surface area contributed by atoms with Crippen molar-refractivity contribution in [3.05, 3.63) is 64.2 Å². The van der Waals surface area contributed by atoms with Gasteiger partial charge in [0.2, 0.25) is 11.7 Å². The second-order valence-electron chi connectivity index (χ2n) is 6.78. The Morgan fingerprint density at radius 3 is 2.79 bits per heavy atom. The third-order valence-corrected chi connectivity index (χ3v) is 5.61. The van der Waals surface area contributed by atoms with Gasteiger partial charge in [-0.05, 0) is 49.2 Å². The Labute approximate surface area is 176 Å². The van der Waals surface area contributed by atoms with Crippen molar-refractivity contribution in [3.63, 3.8) is 0 Å². The third kappa shape index (κ3) is 4.36. The molecule has 1 saturated heterocycles. The maximum Gasteiger partial charge on any atom is 0.321 e. The number of piperidine rings is 1. The fourth-order valence-electron chi connectivity index (χ4n) is 3.28. The molecule has 0 saturated carbocycles. The molecule has 2 aromatic carbocycles. The average Bonchev–Trinajstić information content (AvgIpc) is 3.22. The van der Waals surface area contributed by atoms with Crippen molar-refractivity contribution >= 4 is 34.9 Å². The molecule has 1 atom stereocenters. The zero-order valence-electron chi connectivity index (χ0n) is 15.2. The van der Waals surface area contributed by atoms with Crippen molar-refractivity contribution in [2.45, 2.75) is 18.8 Å². The highest BCUT2D eigenvalue weighted by molar-refractivity contribution is 6.43. The van der Waals surface area contributed by atoms with Crippen LogP contribution < -0.4 is 5.32 Å². The van der Waals surface area contributed by atoms with E-state index in [-0.39, 0.29) is 17.8 Å². The fourth-order valence-corrected chi connectivity index (χ4v) is 3.62. The van der Waals surface area contributed by atoms with E-state index in [1.54, 1.807) is 35.2 Å². The second-order valence-corrected chi connectivity index (χ2v) is 7.56. The smallest absolute Gasteiger partial charge is 0.321 e. The number of benzene rings is 2. The number of halogens is 3. The molecule has 1 fully saturated rings. The lowest BCUT2D eigenvalue weighted by molar-refractivity contribution is 0.184. The molecule has 3 aromatic rings. The van der Waals surface area contributed by atoms with Crippen LogP contribution in [0.5, 0.6) is 0 Å². The Morgan fingerprint density at radius 1 is 1.21 bits per heavy atom. The van der Waals surface area contributed by atoms with Crippen molar-refractivity contribution in [3.8, 4) is 11.4 Å².